The Morgan fingerprint density at radius 3 is 2.90 bits per heavy atom. The molecule has 1 amide bonds. The van der Waals surface area contributed by atoms with Gasteiger partial charge in [-0.1, -0.05) is 12.1 Å². The molecule has 1 fully saturated rings. The number of rotatable bonds is 5. The number of carbonyl (C=O) groups excluding carboxylic acids is 1. The van der Waals surface area contributed by atoms with Crippen molar-refractivity contribution in [3.05, 3.63) is 35.6 Å². The second kappa shape index (κ2) is 7.77. The summed E-state index contributed by atoms with van der Waals surface area (Å²) >= 11 is 1.68. The summed E-state index contributed by atoms with van der Waals surface area (Å²) in [6.07, 6.45) is 2.46. The normalized spacial score (nSPS) is 20.3. The minimum Gasteiger partial charge on any atom is -0.370 e. The molecule has 0 saturated carbocycles. The van der Waals surface area contributed by atoms with Crippen molar-refractivity contribution in [3.8, 4) is 0 Å². The Morgan fingerprint density at radius 2 is 2.24 bits per heavy atom. The number of hydrogen-bond acceptors (Lipinski definition) is 4. The molecule has 2 atom stereocenters. The van der Waals surface area contributed by atoms with Crippen LogP contribution < -0.4 is 5.73 Å². The van der Waals surface area contributed by atoms with Gasteiger partial charge >= 0.3 is 0 Å². The quantitative estimate of drug-likeness (QED) is 0.901. The molecule has 0 aromatic heterocycles. The molecule has 1 heterocycles. The highest BCUT2D eigenvalue weighted by atomic mass is 32.2. The van der Waals surface area contributed by atoms with Crippen LogP contribution in [-0.2, 0) is 9.53 Å². The van der Waals surface area contributed by atoms with Gasteiger partial charge in [-0.2, -0.15) is 11.8 Å². The zero-order chi connectivity index (χ0) is 15.2. The fourth-order valence-corrected chi connectivity index (χ4v) is 2.82. The minimum absolute atomic E-state index is 0.0283. The van der Waals surface area contributed by atoms with Crippen LogP contribution in [0.4, 0.5) is 4.39 Å². The van der Waals surface area contributed by atoms with Crippen molar-refractivity contribution >= 4 is 17.7 Å². The third-order valence-electron chi connectivity index (χ3n) is 3.57. The van der Waals surface area contributed by atoms with E-state index >= 15 is 0 Å². The van der Waals surface area contributed by atoms with Crippen LogP contribution in [0, 0.1) is 5.82 Å². The van der Waals surface area contributed by atoms with E-state index in [4.69, 9.17) is 10.5 Å². The monoisotopic (exact) mass is 312 g/mol. The number of carbonyl (C=O) groups is 1. The Kier molecular flexibility index (Phi) is 6.02. The molecule has 21 heavy (non-hydrogen) atoms. The smallest absolute Gasteiger partial charge is 0.239 e. The van der Waals surface area contributed by atoms with Crippen LogP contribution in [0.25, 0.3) is 0 Å². The van der Waals surface area contributed by atoms with Crippen LogP contribution in [0.5, 0.6) is 0 Å². The molecular formula is C15H21FN2O2S. The molecule has 1 aromatic rings. The average molecular weight is 312 g/mol. The van der Waals surface area contributed by atoms with E-state index in [1.54, 1.807) is 28.8 Å². The lowest BCUT2D eigenvalue weighted by Gasteiger charge is -2.34. The molecule has 1 unspecified atom stereocenters. The molecule has 0 bridgehead atoms. The summed E-state index contributed by atoms with van der Waals surface area (Å²) in [6.45, 7) is 1.50. The van der Waals surface area contributed by atoms with Gasteiger partial charge in [0.25, 0.3) is 0 Å². The molecule has 2 rings (SSSR count). The Bertz CT molecular complexity index is 469. The fourth-order valence-electron chi connectivity index (χ4n) is 2.33. The molecule has 4 nitrogen and oxygen atoms in total. The minimum atomic E-state index is -0.454. The summed E-state index contributed by atoms with van der Waals surface area (Å²) in [5, 5.41) is 0. The topological polar surface area (TPSA) is 55.6 Å². The van der Waals surface area contributed by atoms with E-state index in [-0.39, 0.29) is 17.8 Å². The first-order valence-electron chi connectivity index (χ1n) is 7.02. The van der Waals surface area contributed by atoms with Gasteiger partial charge in [-0.3, -0.25) is 4.79 Å². The number of nitrogens with zero attached hydrogens (tertiary/aromatic N) is 1. The second-order valence-corrected chi connectivity index (χ2v) is 6.07. The van der Waals surface area contributed by atoms with Crippen LogP contribution in [0.2, 0.25) is 0 Å². The Morgan fingerprint density at radius 1 is 1.52 bits per heavy atom. The zero-order valence-corrected chi connectivity index (χ0v) is 12.9. The lowest BCUT2D eigenvalue weighted by atomic mass is 10.1. The van der Waals surface area contributed by atoms with E-state index in [9.17, 15) is 9.18 Å². The van der Waals surface area contributed by atoms with Gasteiger partial charge < -0.3 is 15.4 Å². The van der Waals surface area contributed by atoms with E-state index in [2.05, 4.69) is 0 Å². The van der Waals surface area contributed by atoms with Gasteiger partial charge in [0.2, 0.25) is 5.91 Å². The van der Waals surface area contributed by atoms with Crippen molar-refractivity contribution in [1.82, 2.24) is 4.90 Å². The number of benzene rings is 1. The van der Waals surface area contributed by atoms with Crippen LogP contribution in [0.15, 0.2) is 24.3 Å². The molecule has 2 N–H and O–H groups in total. The van der Waals surface area contributed by atoms with E-state index < -0.39 is 6.04 Å². The zero-order valence-electron chi connectivity index (χ0n) is 12.1. The summed E-state index contributed by atoms with van der Waals surface area (Å²) in [7, 11) is 0. The molecule has 1 aromatic carbocycles. The van der Waals surface area contributed by atoms with Crippen molar-refractivity contribution < 1.29 is 13.9 Å². The predicted molar refractivity (Wildman–Crippen MR) is 82.6 cm³/mol. The number of morpholine rings is 1. The number of thioether (sulfide) groups is 1. The average Bonchev–Trinajstić information content (AvgIpc) is 2.52. The molecule has 6 heteroatoms. The lowest BCUT2D eigenvalue weighted by Crippen LogP contribution is -2.49. The van der Waals surface area contributed by atoms with Gasteiger partial charge in [0.15, 0.2) is 0 Å². The molecule has 0 spiro atoms. The first-order chi connectivity index (χ1) is 10.1. The van der Waals surface area contributed by atoms with Crippen LogP contribution >= 0.6 is 11.8 Å². The first kappa shape index (κ1) is 16.3. The Balaban J connectivity index is 1.97. The van der Waals surface area contributed by atoms with Crippen molar-refractivity contribution in [2.45, 2.75) is 18.6 Å². The summed E-state index contributed by atoms with van der Waals surface area (Å²) in [4.78, 5) is 14.1. The molecule has 1 aliphatic rings. The van der Waals surface area contributed by atoms with E-state index in [1.807, 2.05) is 6.26 Å². The molecular weight excluding hydrogens is 291 g/mol. The molecule has 116 valence electrons. The number of hydrogen-bond donors (Lipinski definition) is 1. The van der Waals surface area contributed by atoms with Crippen LogP contribution in [0.3, 0.4) is 0 Å². The molecule has 1 aliphatic heterocycles. The Labute approximate surface area is 128 Å². The van der Waals surface area contributed by atoms with Crippen molar-refractivity contribution in [3.63, 3.8) is 0 Å². The maximum absolute atomic E-state index is 13.0. The number of nitrogens with two attached hydrogens (primary N) is 1. The van der Waals surface area contributed by atoms with Crippen LogP contribution in [-0.4, -0.2) is 48.6 Å². The highest BCUT2D eigenvalue weighted by Crippen LogP contribution is 2.23. The number of halogens is 1. The Hall–Kier alpha value is -1.11. The van der Waals surface area contributed by atoms with Crippen molar-refractivity contribution in [1.29, 1.82) is 0 Å². The fraction of sp³-hybridized carbons (Fsp3) is 0.533. The highest BCUT2D eigenvalue weighted by molar-refractivity contribution is 7.98. The number of ether oxygens (including phenoxy) is 1. The third-order valence-corrected chi connectivity index (χ3v) is 4.21. The van der Waals surface area contributed by atoms with Gasteiger partial charge in [0, 0.05) is 6.54 Å². The summed E-state index contributed by atoms with van der Waals surface area (Å²) < 4.78 is 18.6. The molecule has 0 radical (unpaired) electrons. The third kappa shape index (κ3) is 4.43. The van der Waals surface area contributed by atoms with Crippen molar-refractivity contribution in [2.75, 3.05) is 31.7 Å². The largest absolute Gasteiger partial charge is 0.370 e. The second-order valence-electron chi connectivity index (χ2n) is 5.08. The van der Waals surface area contributed by atoms with Gasteiger partial charge in [-0.05, 0) is 36.1 Å². The van der Waals surface area contributed by atoms with E-state index in [0.29, 0.717) is 26.1 Å². The number of amides is 1. The van der Waals surface area contributed by atoms with Crippen LogP contribution in [0.1, 0.15) is 18.1 Å². The lowest BCUT2D eigenvalue weighted by molar-refractivity contribution is -0.140. The maximum Gasteiger partial charge on any atom is 0.239 e. The highest BCUT2D eigenvalue weighted by Gasteiger charge is 2.28. The SMILES string of the molecule is CSCC[C@@H](N)C(=O)N1CCOC(c2ccc(F)cc2)C1. The van der Waals surface area contributed by atoms with Gasteiger partial charge in [-0.15, -0.1) is 0 Å². The van der Waals surface area contributed by atoms with E-state index in [0.717, 1.165) is 11.3 Å². The summed E-state index contributed by atoms with van der Waals surface area (Å²) in [5.41, 5.74) is 6.82. The first-order valence-corrected chi connectivity index (χ1v) is 8.41. The van der Waals surface area contributed by atoms with Crippen molar-refractivity contribution in [2.24, 2.45) is 5.73 Å². The van der Waals surface area contributed by atoms with Gasteiger partial charge in [-0.25, -0.2) is 4.39 Å². The predicted octanol–water partition coefficient (Wildman–Crippen LogP) is 1.81. The maximum atomic E-state index is 13.0. The standard InChI is InChI=1S/C15H21FN2O2S/c1-21-9-6-13(17)15(19)18-7-8-20-14(10-18)11-2-4-12(16)5-3-11/h2-5,13-14H,6-10,17H2,1H3/t13-,14?/m1/s1. The van der Waals surface area contributed by atoms with E-state index in [1.165, 1.54) is 12.1 Å². The van der Waals surface area contributed by atoms with Gasteiger partial charge in [0.1, 0.15) is 11.9 Å². The summed E-state index contributed by atoms with van der Waals surface area (Å²) in [5.74, 6) is 0.569. The molecule has 0 aliphatic carbocycles. The summed E-state index contributed by atoms with van der Waals surface area (Å²) in [6, 6.07) is 5.75. The van der Waals surface area contributed by atoms with Gasteiger partial charge in [0.05, 0.1) is 19.2 Å². The molecule has 1 saturated heterocycles.